The monoisotopic (exact) mass is 351 g/mol. The van der Waals surface area contributed by atoms with Gasteiger partial charge < -0.3 is 16.0 Å². The smallest absolute Gasteiger partial charge is 0.250 e. The number of amides is 1. The van der Waals surface area contributed by atoms with E-state index >= 15 is 0 Å². The summed E-state index contributed by atoms with van der Waals surface area (Å²) >= 11 is 3.42. The van der Waals surface area contributed by atoms with Gasteiger partial charge in [-0.15, -0.1) is 0 Å². The van der Waals surface area contributed by atoms with E-state index in [0.29, 0.717) is 17.5 Å². The third kappa shape index (κ3) is 3.24. The van der Waals surface area contributed by atoms with Crippen molar-refractivity contribution in [3.05, 3.63) is 28.2 Å². The standard InChI is InChI=1S/C16H22BrN3O/c17-12-5-6-15(13(9-12)16(18)21)20-8-2-3-11(10-20)14-4-1-7-19-14/h5-6,9,11,14,19H,1-4,7-8,10H2,(H2,18,21). The van der Waals surface area contributed by atoms with Crippen LogP contribution in [0, 0.1) is 5.92 Å². The number of hydrogen-bond donors (Lipinski definition) is 2. The maximum atomic E-state index is 11.7. The fourth-order valence-corrected chi connectivity index (χ4v) is 4.01. The van der Waals surface area contributed by atoms with Crippen molar-refractivity contribution >= 4 is 27.5 Å². The minimum absolute atomic E-state index is 0.354. The number of nitrogens with two attached hydrogens (primary N) is 1. The molecule has 0 aromatic heterocycles. The van der Waals surface area contributed by atoms with Crippen molar-refractivity contribution in [1.82, 2.24) is 5.32 Å². The molecule has 2 fully saturated rings. The van der Waals surface area contributed by atoms with Gasteiger partial charge in [-0.3, -0.25) is 4.79 Å². The fraction of sp³-hybridized carbons (Fsp3) is 0.562. The van der Waals surface area contributed by atoms with E-state index in [1.165, 1.54) is 25.7 Å². The quantitative estimate of drug-likeness (QED) is 0.879. The first-order valence-electron chi connectivity index (χ1n) is 7.73. The minimum atomic E-state index is -0.354. The lowest BCUT2D eigenvalue weighted by Gasteiger charge is -2.38. The molecule has 0 spiro atoms. The van der Waals surface area contributed by atoms with E-state index in [2.05, 4.69) is 26.1 Å². The molecular formula is C16H22BrN3O. The Bertz CT molecular complexity index is 528. The number of hydrogen-bond acceptors (Lipinski definition) is 3. The molecule has 2 atom stereocenters. The van der Waals surface area contributed by atoms with Crippen LogP contribution in [-0.2, 0) is 0 Å². The van der Waals surface area contributed by atoms with Gasteiger partial charge in [0.25, 0.3) is 5.91 Å². The van der Waals surface area contributed by atoms with Crippen molar-refractivity contribution < 1.29 is 4.79 Å². The maximum Gasteiger partial charge on any atom is 0.250 e. The number of primary amides is 1. The molecule has 2 heterocycles. The normalized spacial score (nSPS) is 26.0. The molecule has 1 aromatic carbocycles. The second-order valence-electron chi connectivity index (χ2n) is 6.08. The van der Waals surface area contributed by atoms with Crippen LogP contribution in [0.2, 0.25) is 0 Å². The number of rotatable bonds is 3. The van der Waals surface area contributed by atoms with Crippen LogP contribution in [-0.4, -0.2) is 31.6 Å². The van der Waals surface area contributed by atoms with Gasteiger partial charge >= 0.3 is 0 Å². The molecule has 5 heteroatoms. The highest BCUT2D eigenvalue weighted by molar-refractivity contribution is 9.10. The number of carbonyl (C=O) groups is 1. The summed E-state index contributed by atoms with van der Waals surface area (Å²) in [4.78, 5) is 14.1. The lowest BCUT2D eigenvalue weighted by atomic mass is 9.89. The molecule has 1 amide bonds. The minimum Gasteiger partial charge on any atom is -0.371 e. The van der Waals surface area contributed by atoms with E-state index in [9.17, 15) is 4.79 Å². The Morgan fingerprint density at radius 3 is 2.90 bits per heavy atom. The molecule has 4 nitrogen and oxygen atoms in total. The van der Waals surface area contributed by atoms with E-state index in [0.717, 1.165) is 29.8 Å². The molecule has 3 N–H and O–H groups in total. The molecular weight excluding hydrogens is 330 g/mol. The number of nitrogens with one attached hydrogen (secondary N) is 1. The predicted octanol–water partition coefficient (Wildman–Crippen LogP) is 2.52. The summed E-state index contributed by atoms with van der Waals surface area (Å²) in [6, 6.07) is 6.46. The van der Waals surface area contributed by atoms with E-state index in [-0.39, 0.29) is 5.91 Å². The van der Waals surface area contributed by atoms with Crippen molar-refractivity contribution in [3.8, 4) is 0 Å². The fourth-order valence-electron chi connectivity index (χ4n) is 3.65. The van der Waals surface area contributed by atoms with Crippen molar-refractivity contribution in [1.29, 1.82) is 0 Å². The van der Waals surface area contributed by atoms with Gasteiger partial charge in [-0.1, -0.05) is 15.9 Å². The average Bonchev–Trinajstić information content (AvgIpc) is 3.01. The summed E-state index contributed by atoms with van der Waals surface area (Å²) in [6.45, 7) is 3.16. The predicted molar refractivity (Wildman–Crippen MR) is 88.6 cm³/mol. The summed E-state index contributed by atoms with van der Waals surface area (Å²) in [7, 11) is 0. The zero-order valence-corrected chi connectivity index (χ0v) is 13.7. The molecule has 3 rings (SSSR count). The van der Waals surface area contributed by atoms with Crippen LogP contribution >= 0.6 is 15.9 Å². The second-order valence-corrected chi connectivity index (χ2v) is 6.99. The lowest BCUT2D eigenvalue weighted by Crippen LogP contribution is -2.44. The van der Waals surface area contributed by atoms with E-state index < -0.39 is 0 Å². The molecule has 2 aliphatic heterocycles. The summed E-state index contributed by atoms with van der Waals surface area (Å²) in [6.07, 6.45) is 5.02. The zero-order chi connectivity index (χ0) is 14.8. The van der Waals surface area contributed by atoms with Crippen LogP contribution in [0.15, 0.2) is 22.7 Å². The Labute approximate surface area is 134 Å². The number of anilines is 1. The maximum absolute atomic E-state index is 11.7. The third-order valence-corrected chi connectivity index (χ3v) is 5.18. The number of piperidine rings is 1. The average molecular weight is 352 g/mol. The first kappa shape index (κ1) is 14.9. The molecule has 0 aliphatic carbocycles. The highest BCUT2D eigenvalue weighted by atomic mass is 79.9. The van der Waals surface area contributed by atoms with Gasteiger partial charge in [0.2, 0.25) is 0 Å². The second kappa shape index (κ2) is 6.36. The zero-order valence-electron chi connectivity index (χ0n) is 12.1. The highest BCUT2D eigenvalue weighted by Crippen LogP contribution is 2.31. The van der Waals surface area contributed by atoms with Crippen LogP contribution in [0.4, 0.5) is 5.69 Å². The van der Waals surface area contributed by atoms with Crippen LogP contribution < -0.4 is 16.0 Å². The van der Waals surface area contributed by atoms with Crippen LogP contribution in [0.5, 0.6) is 0 Å². The number of benzene rings is 1. The summed E-state index contributed by atoms with van der Waals surface area (Å²) in [5.41, 5.74) is 7.14. The highest BCUT2D eigenvalue weighted by Gasteiger charge is 2.30. The van der Waals surface area contributed by atoms with Gasteiger partial charge in [0.05, 0.1) is 5.56 Å². The largest absolute Gasteiger partial charge is 0.371 e. The van der Waals surface area contributed by atoms with E-state index in [1.807, 2.05) is 18.2 Å². The number of nitrogens with zero attached hydrogens (tertiary/aromatic N) is 1. The Morgan fingerprint density at radius 2 is 2.19 bits per heavy atom. The SMILES string of the molecule is NC(=O)c1cc(Br)ccc1N1CCCC(C2CCCN2)C1. The van der Waals surface area contributed by atoms with Gasteiger partial charge in [0.1, 0.15) is 0 Å². The third-order valence-electron chi connectivity index (χ3n) is 4.69. The van der Waals surface area contributed by atoms with E-state index in [1.54, 1.807) is 0 Å². The molecule has 0 bridgehead atoms. The van der Waals surface area contributed by atoms with Crippen molar-refractivity contribution in [2.45, 2.75) is 31.7 Å². The van der Waals surface area contributed by atoms with Crippen molar-refractivity contribution in [2.24, 2.45) is 11.7 Å². The van der Waals surface area contributed by atoms with Gasteiger partial charge in [0.15, 0.2) is 0 Å². The van der Waals surface area contributed by atoms with Gasteiger partial charge in [0, 0.05) is 29.3 Å². The van der Waals surface area contributed by atoms with Crippen molar-refractivity contribution in [3.63, 3.8) is 0 Å². The molecule has 0 radical (unpaired) electrons. The summed E-state index contributed by atoms with van der Waals surface area (Å²) < 4.78 is 0.895. The summed E-state index contributed by atoms with van der Waals surface area (Å²) in [5.74, 6) is 0.318. The van der Waals surface area contributed by atoms with Crippen LogP contribution in [0.1, 0.15) is 36.0 Å². The Morgan fingerprint density at radius 1 is 1.33 bits per heavy atom. The topological polar surface area (TPSA) is 58.4 Å². The number of carbonyl (C=O) groups excluding carboxylic acids is 1. The molecule has 2 aliphatic rings. The Balaban J connectivity index is 1.81. The number of halogens is 1. The van der Waals surface area contributed by atoms with Crippen molar-refractivity contribution in [2.75, 3.05) is 24.5 Å². The van der Waals surface area contributed by atoms with Gasteiger partial charge in [-0.05, 0) is 56.3 Å². The van der Waals surface area contributed by atoms with Gasteiger partial charge in [-0.2, -0.15) is 0 Å². The van der Waals surface area contributed by atoms with Gasteiger partial charge in [-0.25, -0.2) is 0 Å². The van der Waals surface area contributed by atoms with E-state index in [4.69, 9.17) is 5.73 Å². The lowest BCUT2D eigenvalue weighted by molar-refractivity contribution is 0.100. The molecule has 114 valence electrons. The Hall–Kier alpha value is -1.07. The molecule has 21 heavy (non-hydrogen) atoms. The molecule has 0 saturated carbocycles. The molecule has 2 saturated heterocycles. The van der Waals surface area contributed by atoms with Crippen LogP contribution in [0.3, 0.4) is 0 Å². The first-order valence-corrected chi connectivity index (χ1v) is 8.52. The summed E-state index contributed by atoms with van der Waals surface area (Å²) in [5, 5.41) is 3.62. The molecule has 1 aromatic rings. The van der Waals surface area contributed by atoms with Crippen LogP contribution in [0.25, 0.3) is 0 Å². The first-order chi connectivity index (χ1) is 10.1. The Kier molecular flexibility index (Phi) is 4.50. The molecule has 2 unspecified atom stereocenters.